The molecule has 3 N–H and O–H groups in total. The number of nitrogens with two attached hydrogens (primary N) is 1. The van der Waals surface area contributed by atoms with Crippen LogP contribution in [0, 0.1) is 6.92 Å². The molecule has 2 aromatic rings. The highest BCUT2D eigenvalue weighted by Crippen LogP contribution is 2.48. The van der Waals surface area contributed by atoms with Crippen LogP contribution in [0.5, 0.6) is 0 Å². The van der Waals surface area contributed by atoms with Crippen LogP contribution in [0.3, 0.4) is 0 Å². The van der Waals surface area contributed by atoms with Crippen LogP contribution in [0.15, 0.2) is 40.8 Å². The van der Waals surface area contributed by atoms with E-state index < -0.39 is 0 Å². The first-order valence-corrected chi connectivity index (χ1v) is 6.80. The van der Waals surface area contributed by atoms with Crippen molar-refractivity contribution in [3.63, 3.8) is 0 Å². The van der Waals surface area contributed by atoms with Crippen molar-refractivity contribution in [2.45, 2.75) is 31.7 Å². The van der Waals surface area contributed by atoms with Crippen LogP contribution in [0.25, 0.3) is 0 Å². The first kappa shape index (κ1) is 12.8. The van der Waals surface area contributed by atoms with Crippen molar-refractivity contribution in [1.29, 1.82) is 0 Å². The molecule has 4 nitrogen and oxygen atoms in total. The van der Waals surface area contributed by atoms with Gasteiger partial charge in [-0.05, 0) is 49.6 Å². The molecule has 0 atom stereocenters. The summed E-state index contributed by atoms with van der Waals surface area (Å²) in [4.78, 5) is 12.4. The number of hydrogen-bond acceptors (Lipinski definition) is 3. The molecule has 1 aliphatic carbocycles. The third-order valence-electron chi connectivity index (χ3n) is 3.87. The van der Waals surface area contributed by atoms with E-state index in [1.54, 1.807) is 0 Å². The lowest BCUT2D eigenvalue weighted by Crippen LogP contribution is -2.34. The second-order valence-corrected chi connectivity index (χ2v) is 5.40. The summed E-state index contributed by atoms with van der Waals surface area (Å²) in [6, 6.07) is 11.4. The molecular formula is C16H18N2O2. The lowest BCUT2D eigenvalue weighted by atomic mass is 9.95. The maximum Gasteiger partial charge on any atom is 0.231 e. The summed E-state index contributed by atoms with van der Waals surface area (Å²) >= 11 is 0. The number of hydrogen-bond donors (Lipinski definition) is 2. The Balaban J connectivity index is 1.68. The van der Waals surface area contributed by atoms with Gasteiger partial charge in [-0.25, -0.2) is 0 Å². The molecule has 1 amide bonds. The largest absolute Gasteiger partial charge is 0.465 e. The second-order valence-electron chi connectivity index (χ2n) is 5.40. The summed E-state index contributed by atoms with van der Waals surface area (Å²) in [6.45, 7) is 2.32. The van der Waals surface area contributed by atoms with Crippen LogP contribution >= 0.6 is 0 Å². The van der Waals surface area contributed by atoms with Crippen LogP contribution in [0.4, 0.5) is 5.69 Å². The zero-order valence-corrected chi connectivity index (χ0v) is 11.5. The van der Waals surface area contributed by atoms with E-state index in [-0.39, 0.29) is 11.3 Å². The van der Waals surface area contributed by atoms with E-state index in [1.807, 2.05) is 43.3 Å². The summed E-state index contributed by atoms with van der Waals surface area (Å²) in [6.07, 6.45) is 1.78. The third-order valence-corrected chi connectivity index (χ3v) is 3.87. The lowest BCUT2D eigenvalue weighted by Gasteiger charge is -2.15. The first-order valence-electron chi connectivity index (χ1n) is 6.80. The van der Waals surface area contributed by atoms with Gasteiger partial charge in [-0.1, -0.05) is 12.1 Å². The summed E-state index contributed by atoms with van der Waals surface area (Å²) < 4.78 is 5.46. The molecule has 1 heterocycles. The molecule has 0 unspecified atom stereocenters. The van der Waals surface area contributed by atoms with Crippen LogP contribution in [-0.4, -0.2) is 5.91 Å². The van der Waals surface area contributed by atoms with Crippen molar-refractivity contribution in [3.8, 4) is 0 Å². The average molecular weight is 270 g/mol. The fourth-order valence-corrected chi connectivity index (χ4v) is 2.49. The molecule has 1 saturated carbocycles. The summed E-state index contributed by atoms with van der Waals surface area (Å²) in [5.41, 5.74) is 7.08. The zero-order chi connectivity index (χ0) is 14.2. The molecule has 104 valence electrons. The molecule has 0 aliphatic heterocycles. The van der Waals surface area contributed by atoms with Gasteiger partial charge in [0.25, 0.3) is 0 Å². The van der Waals surface area contributed by atoms with E-state index in [1.165, 1.54) is 0 Å². The van der Waals surface area contributed by atoms with Crippen LogP contribution in [0.1, 0.15) is 29.9 Å². The standard InChI is InChI=1S/C16H18N2O2/c1-11-2-7-14(20-11)10-18-15(19)16(8-9-16)12-3-5-13(17)6-4-12/h2-7H,8-10,17H2,1H3,(H,18,19). The molecule has 1 fully saturated rings. The van der Waals surface area contributed by atoms with Gasteiger partial charge in [0.2, 0.25) is 5.91 Å². The maximum atomic E-state index is 12.4. The Hall–Kier alpha value is -2.23. The minimum atomic E-state index is -0.366. The van der Waals surface area contributed by atoms with Crippen molar-refractivity contribution in [2.24, 2.45) is 0 Å². The number of nitrogen functional groups attached to an aromatic ring is 1. The number of nitrogens with one attached hydrogen (secondary N) is 1. The summed E-state index contributed by atoms with van der Waals surface area (Å²) in [5, 5.41) is 2.96. The Bertz CT molecular complexity index is 624. The van der Waals surface area contributed by atoms with Gasteiger partial charge >= 0.3 is 0 Å². The predicted octanol–water partition coefficient (Wildman–Crippen LogP) is 2.52. The monoisotopic (exact) mass is 270 g/mol. The summed E-state index contributed by atoms with van der Waals surface area (Å²) in [7, 11) is 0. The van der Waals surface area contributed by atoms with Crippen LogP contribution < -0.4 is 11.1 Å². The van der Waals surface area contributed by atoms with Gasteiger partial charge in [0.15, 0.2) is 0 Å². The zero-order valence-electron chi connectivity index (χ0n) is 11.5. The van der Waals surface area contributed by atoms with Gasteiger partial charge in [-0.3, -0.25) is 4.79 Å². The minimum Gasteiger partial charge on any atom is -0.465 e. The second kappa shape index (κ2) is 4.71. The molecule has 20 heavy (non-hydrogen) atoms. The van der Waals surface area contributed by atoms with Crippen molar-refractivity contribution in [2.75, 3.05) is 5.73 Å². The lowest BCUT2D eigenvalue weighted by molar-refractivity contribution is -0.123. The molecular weight excluding hydrogens is 252 g/mol. The molecule has 1 aromatic carbocycles. The quantitative estimate of drug-likeness (QED) is 0.839. The Morgan fingerprint density at radius 1 is 1.25 bits per heavy atom. The normalized spacial score (nSPS) is 15.8. The van der Waals surface area contributed by atoms with Gasteiger partial charge in [0.1, 0.15) is 11.5 Å². The average Bonchev–Trinajstić information content (AvgIpc) is 3.15. The maximum absolute atomic E-state index is 12.4. The highest BCUT2D eigenvalue weighted by atomic mass is 16.3. The third kappa shape index (κ3) is 2.29. The van der Waals surface area contributed by atoms with Crippen molar-refractivity contribution < 1.29 is 9.21 Å². The number of rotatable bonds is 4. The van der Waals surface area contributed by atoms with E-state index in [2.05, 4.69) is 5.32 Å². The fourth-order valence-electron chi connectivity index (χ4n) is 2.49. The molecule has 0 spiro atoms. The first-order chi connectivity index (χ1) is 9.60. The van der Waals surface area contributed by atoms with Crippen LogP contribution in [-0.2, 0) is 16.8 Å². The number of furan rings is 1. The molecule has 4 heteroatoms. The highest BCUT2D eigenvalue weighted by molar-refractivity contribution is 5.91. The minimum absolute atomic E-state index is 0.0660. The smallest absolute Gasteiger partial charge is 0.231 e. The number of benzene rings is 1. The topological polar surface area (TPSA) is 68.3 Å². The van der Waals surface area contributed by atoms with E-state index in [9.17, 15) is 4.79 Å². The van der Waals surface area contributed by atoms with Gasteiger partial charge in [-0.15, -0.1) is 0 Å². The van der Waals surface area contributed by atoms with E-state index >= 15 is 0 Å². The van der Waals surface area contributed by atoms with E-state index in [0.29, 0.717) is 6.54 Å². The highest BCUT2D eigenvalue weighted by Gasteiger charge is 2.51. The Morgan fingerprint density at radius 3 is 2.50 bits per heavy atom. The SMILES string of the molecule is Cc1ccc(CNC(=O)C2(c3ccc(N)cc3)CC2)o1. The molecule has 0 saturated heterocycles. The fraction of sp³-hybridized carbons (Fsp3) is 0.312. The van der Waals surface area contributed by atoms with Crippen molar-refractivity contribution in [1.82, 2.24) is 5.32 Å². The molecule has 0 radical (unpaired) electrons. The van der Waals surface area contributed by atoms with Gasteiger partial charge in [-0.2, -0.15) is 0 Å². The van der Waals surface area contributed by atoms with E-state index in [0.717, 1.165) is 35.6 Å². The Kier molecular flexibility index (Phi) is 3.01. The number of carbonyl (C=O) groups excluding carboxylic acids is 1. The summed E-state index contributed by atoms with van der Waals surface area (Å²) in [5.74, 6) is 1.70. The number of carbonyl (C=O) groups is 1. The molecule has 1 aliphatic rings. The van der Waals surface area contributed by atoms with Crippen molar-refractivity contribution in [3.05, 3.63) is 53.5 Å². The predicted molar refractivity (Wildman–Crippen MR) is 77.1 cm³/mol. The van der Waals surface area contributed by atoms with Crippen LogP contribution in [0.2, 0.25) is 0 Å². The van der Waals surface area contributed by atoms with Gasteiger partial charge in [0.05, 0.1) is 12.0 Å². The number of amides is 1. The number of aryl methyl sites for hydroxylation is 1. The molecule has 1 aromatic heterocycles. The van der Waals surface area contributed by atoms with Crippen molar-refractivity contribution >= 4 is 11.6 Å². The Labute approximate surface area is 118 Å². The number of anilines is 1. The molecule has 0 bridgehead atoms. The van der Waals surface area contributed by atoms with Gasteiger partial charge in [0, 0.05) is 5.69 Å². The Morgan fingerprint density at radius 2 is 1.95 bits per heavy atom. The van der Waals surface area contributed by atoms with Gasteiger partial charge < -0.3 is 15.5 Å². The molecule has 3 rings (SSSR count). The van der Waals surface area contributed by atoms with E-state index in [4.69, 9.17) is 10.2 Å².